The number of benzene rings is 4. The number of ketones is 2. The van der Waals surface area contributed by atoms with E-state index in [1.54, 1.807) is 12.1 Å². The average Bonchev–Trinajstić information content (AvgIpc) is 3.25. The summed E-state index contributed by atoms with van der Waals surface area (Å²) in [7, 11) is 3.45. The SMILES string of the molecule is CNC[C@H](CCCCCC(=O)CC(=O)/C=C(\CO)c1cc(OC)c(O)cc1CC1=CNC(N)C=C1CCc1cccc(CCc2ccccc2)c1)CCc1ccccc1. The van der Waals surface area contributed by atoms with E-state index >= 15 is 0 Å². The van der Waals surface area contributed by atoms with Gasteiger partial charge in [-0.2, -0.15) is 0 Å². The number of Topliss-reactive ketones (excluding diaryl/α,β-unsaturated/α-hetero) is 1. The molecule has 0 aliphatic carbocycles. The normalized spacial score (nSPS) is 14.6. The number of hydrogen-bond acceptors (Lipinski definition) is 8. The Hall–Kier alpha value is -5.28. The van der Waals surface area contributed by atoms with Gasteiger partial charge < -0.3 is 31.3 Å². The predicted molar refractivity (Wildman–Crippen MR) is 239 cm³/mol. The van der Waals surface area contributed by atoms with Gasteiger partial charge in [-0.15, -0.1) is 0 Å². The molecule has 8 nitrogen and oxygen atoms in total. The Kier molecular flexibility index (Phi) is 18.2. The van der Waals surface area contributed by atoms with E-state index in [1.807, 2.05) is 31.5 Å². The Bertz CT molecular complexity index is 2040. The smallest absolute Gasteiger partial charge is 0.163 e. The molecule has 6 N–H and O–H groups in total. The van der Waals surface area contributed by atoms with Crippen molar-refractivity contribution in [2.45, 2.75) is 89.6 Å². The number of dihydropyridines is 1. The summed E-state index contributed by atoms with van der Waals surface area (Å²) in [6.45, 7) is 0.546. The van der Waals surface area contributed by atoms with Crippen LogP contribution in [0, 0.1) is 5.92 Å². The highest BCUT2D eigenvalue weighted by Crippen LogP contribution is 2.36. The van der Waals surface area contributed by atoms with Crippen LogP contribution >= 0.6 is 0 Å². The lowest BCUT2D eigenvalue weighted by Gasteiger charge is -2.23. The van der Waals surface area contributed by atoms with Crippen LogP contribution in [0.1, 0.15) is 84.7 Å². The van der Waals surface area contributed by atoms with Crippen molar-refractivity contribution in [2.75, 3.05) is 27.3 Å². The molecular weight excluding hydrogens is 735 g/mol. The molecule has 0 fully saturated rings. The fraction of sp³-hybridized carbons (Fsp3) is 0.373. The molecule has 0 bridgehead atoms. The van der Waals surface area contributed by atoms with E-state index in [0.29, 0.717) is 35.5 Å². The van der Waals surface area contributed by atoms with Crippen LogP contribution in [0.2, 0.25) is 0 Å². The van der Waals surface area contributed by atoms with E-state index in [4.69, 9.17) is 10.5 Å². The lowest BCUT2D eigenvalue weighted by molar-refractivity contribution is -0.124. The molecule has 0 saturated heterocycles. The molecule has 8 heteroatoms. The number of aromatic hydroxyl groups is 1. The second-order valence-corrected chi connectivity index (χ2v) is 15.8. The third kappa shape index (κ3) is 14.8. The molecule has 0 radical (unpaired) electrons. The van der Waals surface area contributed by atoms with E-state index in [9.17, 15) is 19.8 Å². The number of nitrogens with one attached hydrogen (secondary N) is 2. The minimum absolute atomic E-state index is 0.0440. The Labute approximate surface area is 351 Å². The Morgan fingerprint density at radius 3 is 2.15 bits per heavy atom. The van der Waals surface area contributed by atoms with Crippen LogP contribution in [-0.4, -0.2) is 55.3 Å². The van der Waals surface area contributed by atoms with Gasteiger partial charge in [0.2, 0.25) is 0 Å². The Balaban J connectivity index is 1.18. The van der Waals surface area contributed by atoms with Crippen molar-refractivity contribution in [2.24, 2.45) is 11.7 Å². The molecule has 1 unspecified atom stereocenters. The topological polar surface area (TPSA) is 134 Å². The first-order valence-electron chi connectivity index (χ1n) is 21.2. The van der Waals surface area contributed by atoms with Crippen molar-refractivity contribution in [3.05, 3.63) is 160 Å². The highest BCUT2D eigenvalue weighted by atomic mass is 16.5. The highest BCUT2D eigenvalue weighted by Gasteiger charge is 2.20. The number of aryl methyl sites for hydroxylation is 4. The van der Waals surface area contributed by atoms with Gasteiger partial charge in [0.15, 0.2) is 17.3 Å². The van der Waals surface area contributed by atoms with Crippen LogP contribution in [0.4, 0.5) is 0 Å². The maximum Gasteiger partial charge on any atom is 0.163 e. The number of rotatable bonds is 25. The molecule has 1 aliphatic heterocycles. The van der Waals surface area contributed by atoms with Crippen molar-refractivity contribution >= 4 is 17.1 Å². The maximum atomic E-state index is 13.3. The number of phenolic OH excluding ortho intramolecular Hbond substituents is 1. The van der Waals surface area contributed by atoms with Crippen LogP contribution in [0.25, 0.3) is 5.57 Å². The van der Waals surface area contributed by atoms with Gasteiger partial charge in [-0.3, -0.25) is 9.59 Å². The van der Waals surface area contributed by atoms with Crippen LogP contribution in [0.5, 0.6) is 11.5 Å². The summed E-state index contributed by atoms with van der Waals surface area (Å²) in [5.74, 6) is 0.297. The number of allylic oxidation sites excluding steroid dienone is 3. The largest absolute Gasteiger partial charge is 0.504 e. The second kappa shape index (κ2) is 24.0. The molecule has 1 heterocycles. The summed E-state index contributed by atoms with van der Waals surface area (Å²) >= 11 is 0. The molecule has 0 amide bonds. The van der Waals surface area contributed by atoms with Crippen molar-refractivity contribution in [3.8, 4) is 11.5 Å². The van der Waals surface area contributed by atoms with Gasteiger partial charge in [0.25, 0.3) is 0 Å². The zero-order valence-corrected chi connectivity index (χ0v) is 34.9. The number of nitrogens with two attached hydrogens (primary N) is 1. The predicted octanol–water partition coefficient (Wildman–Crippen LogP) is 8.38. The first-order valence-corrected chi connectivity index (χ1v) is 21.2. The third-order valence-electron chi connectivity index (χ3n) is 11.2. The lowest BCUT2D eigenvalue weighted by atomic mass is 9.88. The minimum atomic E-state index is -0.426. The summed E-state index contributed by atoms with van der Waals surface area (Å²) in [6, 6.07) is 33.1. The lowest BCUT2D eigenvalue weighted by Crippen LogP contribution is -2.35. The average molecular weight is 798 g/mol. The van der Waals surface area contributed by atoms with Gasteiger partial charge in [0, 0.05) is 12.6 Å². The van der Waals surface area contributed by atoms with Gasteiger partial charge in [0.05, 0.1) is 26.3 Å². The number of aliphatic hydroxyl groups is 1. The number of aliphatic hydroxyl groups excluding tert-OH is 1. The fourth-order valence-electron chi connectivity index (χ4n) is 7.97. The molecule has 312 valence electrons. The summed E-state index contributed by atoms with van der Waals surface area (Å²) < 4.78 is 5.44. The van der Waals surface area contributed by atoms with Crippen LogP contribution in [0.15, 0.2) is 127 Å². The highest BCUT2D eigenvalue weighted by molar-refractivity contribution is 6.07. The molecule has 59 heavy (non-hydrogen) atoms. The van der Waals surface area contributed by atoms with Crippen molar-refractivity contribution in [1.29, 1.82) is 0 Å². The summed E-state index contributed by atoms with van der Waals surface area (Å²) in [5.41, 5.74) is 15.3. The molecule has 2 atom stereocenters. The van der Waals surface area contributed by atoms with E-state index < -0.39 is 6.61 Å². The van der Waals surface area contributed by atoms with Crippen LogP contribution in [0.3, 0.4) is 0 Å². The van der Waals surface area contributed by atoms with Gasteiger partial charge in [-0.05, 0) is 152 Å². The van der Waals surface area contributed by atoms with Crippen LogP contribution < -0.4 is 21.1 Å². The second-order valence-electron chi connectivity index (χ2n) is 15.8. The molecule has 0 spiro atoms. The number of methoxy groups -OCH3 is 1. The van der Waals surface area contributed by atoms with Crippen LogP contribution in [-0.2, 0) is 41.7 Å². The quantitative estimate of drug-likeness (QED) is 0.0257. The van der Waals surface area contributed by atoms with Crippen molar-refractivity contribution < 1.29 is 24.5 Å². The van der Waals surface area contributed by atoms with Gasteiger partial charge in [-0.1, -0.05) is 97.8 Å². The summed E-state index contributed by atoms with van der Waals surface area (Å²) in [5, 5.41) is 28.0. The summed E-state index contributed by atoms with van der Waals surface area (Å²) in [6.07, 6.45) is 15.1. The number of carbonyl (C=O) groups excluding carboxylic acids is 2. The number of phenols is 1. The van der Waals surface area contributed by atoms with Gasteiger partial charge in [-0.25, -0.2) is 0 Å². The van der Waals surface area contributed by atoms with Gasteiger partial charge in [0.1, 0.15) is 5.78 Å². The zero-order chi connectivity index (χ0) is 41.8. The first-order chi connectivity index (χ1) is 28.7. The van der Waals surface area contributed by atoms with E-state index in [0.717, 1.165) is 81.9 Å². The number of carbonyl (C=O) groups is 2. The number of hydrogen-bond donors (Lipinski definition) is 5. The molecule has 5 rings (SSSR count). The minimum Gasteiger partial charge on any atom is -0.504 e. The van der Waals surface area contributed by atoms with Crippen molar-refractivity contribution in [1.82, 2.24) is 10.6 Å². The maximum absolute atomic E-state index is 13.3. The molecule has 0 aromatic heterocycles. The summed E-state index contributed by atoms with van der Waals surface area (Å²) in [4.78, 5) is 26.2. The van der Waals surface area contributed by atoms with E-state index in [-0.39, 0.29) is 35.7 Å². The Morgan fingerprint density at radius 2 is 1.47 bits per heavy atom. The Morgan fingerprint density at radius 1 is 0.814 bits per heavy atom. The standard InChI is InChI=1S/C51H63N3O5/c1-53-34-41(24-22-38-15-8-4-9-16-38)17-10-5-11-20-46(56)32-47(57)29-45(36-55)48-33-50(59-2)49(58)30-43(48)28-44-35-54-51(52)31-42(44)26-25-40-19-12-18-39(27-40)23-21-37-13-6-3-7-14-37/h3-4,6-9,12-16,18-19,27,29-31,33,35,41,51,53-55,58H,5,10-11,17,20-26,28,32,34,36,52H2,1-2H3/b45-29+/t41-,51?/m1/s1. The first kappa shape index (κ1) is 44.8. The zero-order valence-electron chi connectivity index (χ0n) is 34.9. The number of unbranched alkanes of at least 4 members (excludes halogenated alkanes) is 2. The molecule has 4 aromatic carbocycles. The van der Waals surface area contributed by atoms with Crippen molar-refractivity contribution in [3.63, 3.8) is 0 Å². The fourth-order valence-corrected chi connectivity index (χ4v) is 7.97. The molecule has 0 saturated carbocycles. The molecule has 4 aromatic rings. The number of ether oxygens (including phenoxy) is 1. The monoisotopic (exact) mass is 797 g/mol. The van der Waals surface area contributed by atoms with Gasteiger partial charge >= 0.3 is 0 Å². The van der Waals surface area contributed by atoms with E-state index in [2.05, 4.69) is 83.4 Å². The van der Waals surface area contributed by atoms with E-state index in [1.165, 1.54) is 35.4 Å². The molecular formula is C51H63N3O5. The third-order valence-corrected chi connectivity index (χ3v) is 11.2. The molecule has 1 aliphatic rings.